The molecule has 0 saturated carbocycles. The van der Waals surface area contributed by atoms with Crippen LogP contribution in [0.15, 0.2) is 48.5 Å². The molecule has 0 aliphatic heterocycles. The van der Waals surface area contributed by atoms with E-state index >= 15 is 0 Å². The van der Waals surface area contributed by atoms with Gasteiger partial charge in [0.2, 0.25) is 0 Å². The van der Waals surface area contributed by atoms with E-state index in [1.807, 2.05) is 0 Å². The van der Waals surface area contributed by atoms with E-state index in [9.17, 15) is 9.59 Å². The van der Waals surface area contributed by atoms with Gasteiger partial charge in [-0.1, -0.05) is 24.3 Å². The number of amides is 1. The summed E-state index contributed by atoms with van der Waals surface area (Å²) < 4.78 is 5.61. The van der Waals surface area contributed by atoms with Gasteiger partial charge in [0.05, 0.1) is 5.56 Å². The molecule has 2 aromatic rings. The van der Waals surface area contributed by atoms with Crippen LogP contribution in [0.5, 0.6) is 11.5 Å². The first-order valence-electron chi connectivity index (χ1n) is 5.75. The molecular weight excluding hydrogens is 242 g/mol. The summed E-state index contributed by atoms with van der Waals surface area (Å²) in [4.78, 5) is 22.6. The van der Waals surface area contributed by atoms with Crippen molar-refractivity contribution < 1.29 is 14.3 Å². The molecule has 1 amide bonds. The molecule has 96 valence electrons. The number of ether oxygens (including phenoxy) is 1. The van der Waals surface area contributed by atoms with Gasteiger partial charge in [-0.05, 0) is 31.2 Å². The van der Waals surface area contributed by atoms with Crippen LogP contribution in [0, 0.1) is 0 Å². The molecule has 0 bridgehead atoms. The smallest absolute Gasteiger partial charge is 0.252 e. The number of primary amides is 1. The number of Topliss-reactive ketones (excluding diaryl/α,β-unsaturated/α-hetero) is 1. The van der Waals surface area contributed by atoms with Crippen molar-refractivity contribution in [2.45, 2.75) is 6.92 Å². The monoisotopic (exact) mass is 255 g/mol. The molecule has 4 heteroatoms. The number of hydrogen-bond acceptors (Lipinski definition) is 3. The quantitative estimate of drug-likeness (QED) is 0.854. The number of para-hydroxylation sites is 1. The summed E-state index contributed by atoms with van der Waals surface area (Å²) >= 11 is 0. The Morgan fingerprint density at radius 3 is 2.47 bits per heavy atom. The largest absolute Gasteiger partial charge is 0.457 e. The van der Waals surface area contributed by atoms with Crippen molar-refractivity contribution in [3.05, 3.63) is 59.7 Å². The van der Waals surface area contributed by atoms with Crippen molar-refractivity contribution in [3.8, 4) is 11.5 Å². The van der Waals surface area contributed by atoms with Gasteiger partial charge in [-0.3, -0.25) is 9.59 Å². The molecule has 2 N–H and O–H groups in total. The van der Waals surface area contributed by atoms with Gasteiger partial charge >= 0.3 is 0 Å². The lowest BCUT2D eigenvalue weighted by atomic mass is 10.1. The van der Waals surface area contributed by atoms with Crippen LogP contribution in [0.25, 0.3) is 0 Å². The molecular formula is C15H13NO3. The minimum atomic E-state index is -0.557. The van der Waals surface area contributed by atoms with E-state index in [0.29, 0.717) is 22.6 Å². The summed E-state index contributed by atoms with van der Waals surface area (Å²) in [7, 11) is 0. The number of rotatable bonds is 4. The molecule has 0 atom stereocenters. The summed E-state index contributed by atoms with van der Waals surface area (Å²) in [6.45, 7) is 1.48. The lowest BCUT2D eigenvalue weighted by Crippen LogP contribution is -2.12. The first-order chi connectivity index (χ1) is 9.08. The summed E-state index contributed by atoms with van der Waals surface area (Å²) in [5.74, 6) is 0.254. The Morgan fingerprint density at radius 2 is 1.79 bits per heavy atom. The Bertz CT molecular complexity index is 635. The van der Waals surface area contributed by atoms with Crippen molar-refractivity contribution in [2.24, 2.45) is 5.73 Å². The fourth-order valence-electron chi connectivity index (χ4n) is 1.66. The highest BCUT2D eigenvalue weighted by Gasteiger charge is 2.09. The molecule has 2 aromatic carbocycles. The Kier molecular flexibility index (Phi) is 3.61. The van der Waals surface area contributed by atoms with E-state index in [1.165, 1.54) is 6.92 Å². The van der Waals surface area contributed by atoms with E-state index < -0.39 is 5.91 Å². The fourth-order valence-corrected chi connectivity index (χ4v) is 1.66. The van der Waals surface area contributed by atoms with Gasteiger partial charge in [-0.25, -0.2) is 0 Å². The molecule has 0 aliphatic rings. The zero-order valence-corrected chi connectivity index (χ0v) is 10.4. The van der Waals surface area contributed by atoms with Gasteiger partial charge in [0.1, 0.15) is 11.5 Å². The Labute approximate surface area is 110 Å². The summed E-state index contributed by atoms with van der Waals surface area (Å²) in [6.07, 6.45) is 0. The van der Waals surface area contributed by atoms with Crippen LogP contribution in [-0.4, -0.2) is 11.7 Å². The van der Waals surface area contributed by atoms with E-state index in [2.05, 4.69) is 0 Å². The van der Waals surface area contributed by atoms with E-state index in [0.717, 1.165) is 0 Å². The predicted molar refractivity (Wildman–Crippen MR) is 71.5 cm³/mol. The molecule has 0 saturated heterocycles. The number of benzene rings is 2. The molecule has 0 radical (unpaired) electrons. The summed E-state index contributed by atoms with van der Waals surface area (Å²) in [5.41, 5.74) is 6.12. The van der Waals surface area contributed by atoms with E-state index in [-0.39, 0.29) is 5.78 Å². The molecule has 2 rings (SSSR count). The average Bonchev–Trinajstić information content (AvgIpc) is 2.39. The van der Waals surface area contributed by atoms with Gasteiger partial charge < -0.3 is 10.5 Å². The fraction of sp³-hybridized carbons (Fsp3) is 0.0667. The van der Waals surface area contributed by atoms with Crippen molar-refractivity contribution in [3.63, 3.8) is 0 Å². The second-order valence-corrected chi connectivity index (χ2v) is 4.05. The van der Waals surface area contributed by atoms with Crippen LogP contribution >= 0.6 is 0 Å². The third-order valence-corrected chi connectivity index (χ3v) is 2.62. The first-order valence-corrected chi connectivity index (χ1v) is 5.75. The van der Waals surface area contributed by atoms with Crippen LogP contribution in [-0.2, 0) is 0 Å². The van der Waals surface area contributed by atoms with Crippen LogP contribution in [0.4, 0.5) is 0 Å². The highest BCUT2D eigenvalue weighted by Crippen LogP contribution is 2.25. The first kappa shape index (κ1) is 12.8. The van der Waals surface area contributed by atoms with Gasteiger partial charge in [-0.2, -0.15) is 0 Å². The van der Waals surface area contributed by atoms with Crippen molar-refractivity contribution in [1.82, 2.24) is 0 Å². The average molecular weight is 255 g/mol. The lowest BCUT2D eigenvalue weighted by Gasteiger charge is -2.09. The predicted octanol–water partition coefficient (Wildman–Crippen LogP) is 2.78. The van der Waals surface area contributed by atoms with Gasteiger partial charge in [0.25, 0.3) is 5.91 Å². The van der Waals surface area contributed by atoms with Crippen LogP contribution < -0.4 is 10.5 Å². The van der Waals surface area contributed by atoms with Gasteiger partial charge in [0.15, 0.2) is 5.78 Å². The Balaban J connectivity index is 2.34. The molecule has 4 nitrogen and oxygen atoms in total. The molecule has 0 aromatic heterocycles. The molecule has 0 unspecified atom stereocenters. The highest BCUT2D eigenvalue weighted by molar-refractivity contribution is 5.96. The SMILES string of the molecule is CC(=O)c1cccc(Oc2ccccc2C(N)=O)c1. The number of hydrogen-bond donors (Lipinski definition) is 1. The van der Waals surface area contributed by atoms with E-state index in [1.54, 1.807) is 48.5 Å². The summed E-state index contributed by atoms with van der Waals surface area (Å²) in [5, 5.41) is 0. The third-order valence-electron chi connectivity index (χ3n) is 2.62. The second-order valence-electron chi connectivity index (χ2n) is 4.05. The number of carbonyl (C=O) groups is 2. The molecule has 0 fully saturated rings. The Hall–Kier alpha value is -2.62. The van der Waals surface area contributed by atoms with Crippen molar-refractivity contribution >= 4 is 11.7 Å². The number of nitrogens with two attached hydrogens (primary N) is 1. The van der Waals surface area contributed by atoms with Crippen molar-refractivity contribution in [1.29, 1.82) is 0 Å². The standard InChI is InChI=1S/C15H13NO3/c1-10(17)11-5-4-6-12(9-11)19-14-8-3-2-7-13(14)15(16)18/h2-9H,1H3,(H2,16,18). The number of carbonyl (C=O) groups excluding carboxylic acids is 2. The molecule has 0 spiro atoms. The summed E-state index contributed by atoms with van der Waals surface area (Å²) in [6, 6.07) is 13.5. The third kappa shape index (κ3) is 2.98. The van der Waals surface area contributed by atoms with Gasteiger partial charge in [0, 0.05) is 5.56 Å². The zero-order valence-electron chi connectivity index (χ0n) is 10.4. The minimum Gasteiger partial charge on any atom is -0.457 e. The minimum absolute atomic E-state index is 0.0476. The number of ketones is 1. The lowest BCUT2D eigenvalue weighted by molar-refractivity contribution is 0.0993. The normalized spacial score (nSPS) is 9.95. The molecule has 19 heavy (non-hydrogen) atoms. The Morgan fingerprint density at radius 1 is 1.05 bits per heavy atom. The maximum Gasteiger partial charge on any atom is 0.252 e. The second kappa shape index (κ2) is 5.35. The van der Waals surface area contributed by atoms with Crippen LogP contribution in [0.3, 0.4) is 0 Å². The van der Waals surface area contributed by atoms with Crippen LogP contribution in [0.1, 0.15) is 27.6 Å². The topological polar surface area (TPSA) is 69.4 Å². The zero-order chi connectivity index (χ0) is 13.8. The molecule has 0 aliphatic carbocycles. The molecule has 0 heterocycles. The maximum atomic E-state index is 11.3. The highest BCUT2D eigenvalue weighted by atomic mass is 16.5. The van der Waals surface area contributed by atoms with Crippen molar-refractivity contribution in [2.75, 3.05) is 0 Å². The van der Waals surface area contributed by atoms with Crippen LogP contribution in [0.2, 0.25) is 0 Å². The van der Waals surface area contributed by atoms with Gasteiger partial charge in [-0.15, -0.1) is 0 Å². The maximum absolute atomic E-state index is 11.3. The van der Waals surface area contributed by atoms with E-state index in [4.69, 9.17) is 10.5 Å².